The number of amides is 1. The number of carbonyl (C=O) groups is 1. The first kappa shape index (κ1) is 20.3. The van der Waals surface area contributed by atoms with Crippen LogP contribution in [0, 0.1) is 0 Å². The van der Waals surface area contributed by atoms with E-state index in [1.165, 1.54) is 32.6 Å². The Kier molecular flexibility index (Phi) is 5.46. The summed E-state index contributed by atoms with van der Waals surface area (Å²) in [6.45, 7) is 9.14. The third-order valence-electron chi connectivity index (χ3n) is 5.91. The van der Waals surface area contributed by atoms with Gasteiger partial charge < -0.3 is 19.3 Å². The van der Waals surface area contributed by atoms with Crippen LogP contribution in [0.15, 0.2) is 48.5 Å². The van der Waals surface area contributed by atoms with Crippen LogP contribution < -0.4 is 4.74 Å². The largest absolute Gasteiger partial charge is 0.492 e. The van der Waals surface area contributed by atoms with Crippen LogP contribution in [-0.4, -0.2) is 40.4 Å². The minimum atomic E-state index is -0.832. The molecule has 0 aliphatic carbocycles. The molecule has 1 aliphatic heterocycles. The second-order valence-electron chi connectivity index (χ2n) is 9.00. The van der Waals surface area contributed by atoms with E-state index in [4.69, 9.17) is 4.74 Å². The highest BCUT2D eigenvalue weighted by Gasteiger charge is 2.25. The molecule has 0 bridgehead atoms. The molecule has 2 heterocycles. The highest BCUT2D eigenvalue weighted by Crippen LogP contribution is 2.34. The van der Waals surface area contributed by atoms with Gasteiger partial charge in [0.1, 0.15) is 12.4 Å². The zero-order valence-electron chi connectivity index (χ0n) is 18.0. The fraction of sp³-hybridized carbons (Fsp3) is 0.400. The Bertz CT molecular complexity index is 1050. The van der Waals surface area contributed by atoms with Crippen molar-refractivity contribution in [2.45, 2.75) is 45.6 Å². The highest BCUT2D eigenvalue weighted by atomic mass is 16.5. The summed E-state index contributed by atoms with van der Waals surface area (Å²) in [6.07, 6.45) is 0.668. The molecule has 30 heavy (non-hydrogen) atoms. The maximum absolute atomic E-state index is 11.5. The smallest absolute Gasteiger partial charge is 0.407 e. The van der Waals surface area contributed by atoms with E-state index in [-0.39, 0.29) is 5.41 Å². The first-order valence-corrected chi connectivity index (χ1v) is 10.6. The Hall–Kier alpha value is -2.95. The number of carboxylic acid groups (broad SMARTS) is 1. The average Bonchev–Trinajstić information content (AvgIpc) is 2.94. The third-order valence-corrected chi connectivity index (χ3v) is 5.91. The topological polar surface area (TPSA) is 54.7 Å². The molecule has 2 aromatic carbocycles. The predicted molar refractivity (Wildman–Crippen MR) is 120 cm³/mol. The van der Waals surface area contributed by atoms with Gasteiger partial charge in [0, 0.05) is 29.6 Å². The van der Waals surface area contributed by atoms with Crippen LogP contribution in [0.1, 0.15) is 37.6 Å². The quantitative estimate of drug-likeness (QED) is 0.656. The molecule has 1 amide bonds. The fourth-order valence-electron chi connectivity index (χ4n) is 4.42. The van der Waals surface area contributed by atoms with E-state index in [1.54, 1.807) is 0 Å². The summed E-state index contributed by atoms with van der Waals surface area (Å²) in [5.41, 5.74) is 5.06. The highest BCUT2D eigenvalue weighted by molar-refractivity contribution is 5.86. The lowest BCUT2D eigenvalue weighted by Crippen LogP contribution is -2.31. The fourth-order valence-corrected chi connectivity index (χ4v) is 4.42. The van der Waals surface area contributed by atoms with E-state index in [0.717, 1.165) is 25.1 Å². The van der Waals surface area contributed by atoms with Crippen molar-refractivity contribution in [3.63, 3.8) is 0 Å². The lowest BCUT2D eigenvalue weighted by atomic mass is 9.92. The first-order chi connectivity index (χ1) is 14.3. The monoisotopic (exact) mass is 406 g/mol. The van der Waals surface area contributed by atoms with Crippen molar-refractivity contribution in [1.82, 2.24) is 9.47 Å². The second-order valence-corrected chi connectivity index (χ2v) is 9.00. The van der Waals surface area contributed by atoms with Crippen LogP contribution in [0.3, 0.4) is 0 Å². The SMILES string of the molecule is CC(C)(C)c1cc2ccc3c(c2n1CCOc1ccccc1)CCN(C(=O)O)CC3. The molecule has 0 spiro atoms. The molecule has 3 aromatic rings. The van der Waals surface area contributed by atoms with Crippen LogP contribution in [0.4, 0.5) is 4.79 Å². The molecular formula is C25H30N2O3. The van der Waals surface area contributed by atoms with Crippen LogP contribution >= 0.6 is 0 Å². The van der Waals surface area contributed by atoms with Crippen LogP contribution in [-0.2, 0) is 24.8 Å². The number of hydrogen-bond acceptors (Lipinski definition) is 2. The molecule has 4 rings (SSSR count). The van der Waals surface area contributed by atoms with E-state index in [1.807, 2.05) is 30.3 Å². The molecule has 1 N–H and O–H groups in total. The summed E-state index contributed by atoms with van der Waals surface area (Å²) in [5.74, 6) is 0.877. The van der Waals surface area contributed by atoms with Crippen molar-refractivity contribution in [3.8, 4) is 5.75 Å². The second kappa shape index (κ2) is 8.05. The molecule has 0 atom stereocenters. The Morgan fingerprint density at radius 2 is 1.80 bits per heavy atom. The molecular weight excluding hydrogens is 376 g/mol. The Labute approximate surface area is 177 Å². The molecule has 0 radical (unpaired) electrons. The number of hydrogen-bond donors (Lipinski definition) is 1. The normalized spacial score (nSPS) is 14.4. The van der Waals surface area contributed by atoms with E-state index in [2.05, 4.69) is 43.5 Å². The average molecular weight is 407 g/mol. The molecule has 0 unspecified atom stereocenters. The minimum absolute atomic E-state index is 0.00349. The Balaban J connectivity index is 1.72. The molecule has 1 aromatic heterocycles. The summed E-state index contributed by atoms with van der Waals surface area (Å²) < 4.78 is 8.40. The van der Waals surface area contributed by atoms with Gasteiger partial charge in [0.05, 0.1) is 12.1 Å². The van der Waals surface area contributed by atoms with Crippen molar-refractivity contribution in [2.75, 3.05) is 19.7 Å². The lowest BCUT2D eigenvalue weighted by molar-refractivity contribution is 0.147. The molecule has 5 nitrogen and oxygen atoms in total. The van der Waals surface area contributed by atoms with Gasteiger partial charge in [-0.2, -0.15) is 0 Å². The summed E-state index contributed by atoms with van der Waals surface area (Å²) in [6, 6.07) is 16.6. The molecule has 5 heteroatoms. The summed E-state index contributed by atoms with van der Waals surface area (Å²) in [5, 5.41) is 10.7. The van der Waals surface area contributed by atoms with Gasteiger partial charge in [-0.1, -0.05) is 51.1 Å². The van der Waals surface area contributed by atoms with Crippen LogP contribution in [0.25, 0.3) is 10.9 Å². The van der Waals surface area contributed by atoms with Gasteiger partial charge in [0.15, 0.2) is 0 Å². The lowest BCUT2D eigenvalue weighted by Gasteiger charge is -2.23. The maximum Gasteiger partial charge on any atom is 0.407 e. The van der Waals surface area contributed by atoms with Gasteiger partial charge in [0.25, 0.3) is 0 Å². The van der Waals surface area contributed by atoms with E-state index in [0.29, 0.717) is 19.7 Å². The number of fused-ring (bicyclic) bond motifs is 3. The van der Waals surface area contributed by atoms with Gasteiger partial charge in [-0.05, 0) is 42.2 Å². The summed E-state index contributed by atoms with van der Waals surface area (Å²) >= 11 is 0. The van der Waals surface area contributed by atoms with Crippen LogP contribution in [0.5, 0.6) is 5.75 Å². The van der Waals surface area contributed by atoms with Gasteiger partial charge in [-0.3, -0.25) is 0 Å². The van der Waals surface area contributed by atoms with Crippen molar-refractivity contribution in [1.29, 1.82) is 0 Å². The molecule has 0 fully saturated rings. The molecule has 158 valence electrons. The number of ether oxygens (including phenoxy) is 1. The zero-order valence-corrected chi connectivity index (χ0v) is 18.0. The number of benzene rings is 2. The van der Waals surface area contributed by atoms with Crippen molar-refractivity contribution < 1.29 is 14.6 Å². The van der Waals surface area contributed by atoms with E-state index in [9.17, 15) is 9.90 Å². The van der Waals surface area contributed by atoms with E-state index < -0.39 is 6.09 Å². The van der Waals surface area contributed by atoms with Gasteiger partial charge >= 0.3 is 6.09 Å². The third kappa shape index (κ3) is 4.02. The van der Waals surface area contributed by atoms with Gasteiger partial charge in [-0.15, -0.1) is 0 Å². The molecule has 0 saturated heterocycles. The number of nitrogens with zero attached hydrogens (tertiary/aromatic N) is 2. The standard InChI is InChI=1S/C25H30N2O3/c1-25(2,3)22-17-19-10-9-18-11-13-26(24(28)29)14-12-21(18)23(19)27(22)15-16-30-20-7-5-4-6-8-20/h4-10,17H,11-16H2,1-3H3,(H,28,29). The number of aromatic nitrogens is 1. The Morgan fingerprint density at radius 1 is 1.07 bits per heavy atom. The van der Waals surface area contributed by atoms with Gasteiger partial charge in [-0.25, -0.2) is 4.79 Å². The van der Waals surface area contributed by atoms with Crippen LogP contribution in [0.2, 0.25) is 0 Å². The number of para-hydroxylation sites is 1. The zero-order chi connectivity index (χ0) is 21.3. The predicted octanol–water partition coefficient (Wildman–Crippen LogP) is 5.10. The molecule has 0 saturated carbocycles. The van der Waals surface area contributed by atoms with Crippen molar-refractivity contribution >= 4 is 17.0 Å². The van der Waals surface area contributed by atoms with Crippen molar-refractivity contribution in [3.05, 3.63) is 65.4 Å². The first-order valence-electron chi connectivity index (χ1n) is 10.6. The number of rotatable bonds is 4. The van der Waals surface area contributed by atoms with E-state index >= 15 is 0 Å². The Morgan fingerprint density at radius 3 is 2.50 bits per heavy atom. The van der Waals surface area contributed by atoms with Gasteiger partial charge in [0.2, 0.25) is 0 Å². The summed E-state index contributed by atoms with van der Waals surface area (Å²) in [7, 11) is 0. The van der Waals surface area contributed by atoms with Crippen molar-refractivity contribution in [2.24, 2.45) is 0 Å². The maximum atomic E-state index is 11.5. The summed E-state index contributed by atoms with van der Waals surface area (Å²) in [4.78, 5) is 13.0. The molecule has 1 aliphatic rings. The minimum Gasteiger partial charge on any atom is -0.492 e.